The first-order valence-corrected chi connectivity index (χ1v) is 6.35. The molecule has 0 fully saturated rings. The summed E-state index contributed by atoms with van der Waals surface area (Å²) >= 11 is 5.54. The van der Waals surface area contributed by atoms with Crippen molar-refractivity contribution in [1.82, 2.24) is 0 Å². The van der Waals surface area contributed by atoms with Gasteiger partial charge in [0, 0.05) is 0 Å². The third kappa shape index (κ3) is 6.86. The second-order valence-corrected chi connectivity index (χ2v) is 5.73. The van der Waals surface area contributed by atoms with Crippen molar-refractivity contribution in [3.63, 3.8) is 0 Å². The minimum Gasteiger partial charge on any atom is -0.366 e. The first-order valence-electron chi connectivity index (χ1n) is 3.63. The standard InChI is InChI=1S/C7H14ClO3P/c1-4-5-10-6-12(8,9)11-7(2)3/h4,7H,1,5-6H2,2-3H3. The Morgan fingerprint density at radius 2 is 2.25 bits per heavy atom. The second-order valence-electron chi connectivity index (χ2n) is 2.53. The molecule has 0 saturated heterocycles. The Kier molecular flexibility index (Phi) is 5.85. The molecule has 0 aromatic rings. The van der Waals surface area contributed by atoms with Crippen molar-refractivity contribution < 1.29 is 13.8 Å². The molecule has 0 aliphatic heterocycles. The third-order valence-corrected chi connectivity index (χ3v) is 2.61. The highest BCUT2D eigenvalue weighted by atomic mass is 35.7. The Hall–Kier alpha value is 0.180. The van der Waals surface area contributed by atoms with Crippen LogP contribution in [0.25, 0.3) is 0 Å². The molecule has 0 aliphatic rings. The number of ether oxygens (including phenoxy) is 1. The minimum atomic E-state index is -3.08. The van der Waals surface area contributed by atoms with Crippen LogP contribution in [0.1, 0.15) is 13.8 Å². The van der Waals surface area contributed by atoms with Gasteiger partial charge in [-0.25, -0.2) is 0 Å². The summed E-state index contributed by atoms with van der Waals surface area (Å²) in [5, 5.41) is 0. The SMILES string of the molecule is C=CCOCP(=O)(Cl)OC(C)C. The first-order chi connectivity index (χ1) is 5.48. The zero-order chi connectivity index (χ0) is 9.61. The molecule has 12 heavy (non-hydrogen) atoms. The van der Waals surface area contributed by atoms with Crippen molar-refractivity contribution >= 4 is 18.0 Å². The van der Waals surface area contributed by atoms with E-state index in [0.29, 0.717) is 6.61 Å². The molecule has 0 N–H and O–H groups in total. The summed E-state index contributed by atoms with van der Waals surface area (Å²) in [6.45, 7) is 4.23. The zero-order valence-electron chi connectivity index (χ0n) is 7.33. The lowest BCUT2D eigenvalue weighted by molar-refractivity contribution is 0.180. The molecule has 0 rings (SSSR count). The van der Waals surface area contributed by atoms with Gasteiger partial charge < -0.3 is 9.26 Å². The van der Waals surface area contributed by atoms with Crippen LogP contribution in [-0.4, -0.2) is 19.1 Å². The summed E-state index contributed by atoms with van der Waals surface area (Å²) in [4.78, 5) is 0. The fourth-order valence-electron chi connectivity index (χ4n) is 0.590. The Morgan fingerprint density at radius 3 is 2.67 bits per heavy atom. The first kappa shape index (κ1) is 12.2. The van der Waals surface area contributed by atoms with E-state index >= 15 is 0 Å². The molecule has 0 radical (unpaired) electrons. The Labute approximate surface area is 77.9 Å². The quantitative estimate of drug-likeness (QED) is 0.386. The maximum absolute atomic E-state index is 11.3. The van der Waals surface area contributed by atoms with E-state index in [1.165, 1.54) is 0 Å². The highest BCUT2D eigenvalue weighted by Crippen LogP contribution is 2.53. The molecule has 0 aromatic carbocycles. The van der Waals surface area contributed by atoms with Crippen LogP contribution in [0.5, 0.6) is 0 Å². The van der Waals surface area contributed by atoms with Gasteiger partial charge in [0.05, 0.1) is 12.7 Å². The van der Waals surface area contributed by atoms with Gasteiger partial charge in [-0.1, -0.05) is 6.08 Å². The number of halogens is 1. The van der Waals surface area contributed by atoms with Crippen LogP contribution in [0.4, 0.5) is 0 Å². The van der Waals surface area contributed by atoms with E-state index in [2.05, 4.69) is 6.58 Å². The molecule has 0 saturated carbocycles. The molecule has 3 nitrogen and oxygen atoms in total. The predicted molar refractivity (Wildman–Crippen MR) is 50.7 cm³/mol. The Morgan fingerprint density at radius 1 is 1.67 bits per heavy atom. The van der Waals surface area contributed by atoms with E-state index in [0.717, 1.165) is 0 Å². The average molecular weight is 213 g/mol. The molecule has 0 bridgehead atoms. The molecule has 0 aromatic heterocycles. The van der Waals surface area contributed by atoms with Gasteiger partial charge in [0.25, 0.3) is 0 Å². The molecule has 1 atom stereocenters. The molecule has 0 spiro atoms. The third-order valence-electron chi connectivity index (χ3n) is 0.849. The highest BCUT2D eigenvalue weighted by molar-refractivity contribution is 7.85. The lowest BCUT2D eigenvalue weighted by atomic mass is 10.5. The fourth-order valence-corrected chi connectivity index (χ4v) is 2.29. The van der Waals surface area contributed by atoms with Gasteiger partial charge in [-0.3, -0.25) is 4.57 Å². The van der Waals surface area contributed by atoms with Crippen molar-refractivity contribution in [3.8, 4) is 0 Å². The van der Waals surface area contributed by atoms with E-state index in [9.17, 15) is 4.57 Å². The summed E-state index contributed by atoms with van der Waals surface area (Å²) in [6, 6.07) is 0. The van der Waals surface area contributed by atoms with E-state index in [1.807, 2.05) is 0 Å². The van der Waals surface area contributed by atoms with Gasteiger partial charge in [0.15, 0.2) is 0 Å². The molecule has 0 heterocycles. The number of rotatable bonds is 6. The van der Waals surface area contributed by atoms with Crippen LogP contribution in [0.3, 0.4) is 0 Å². The van der Waals surface area contributed by atoms with E-state index < -0.39 is 6.72 Å². The van der Waals surface area contributed by atoms with Crippen LogP contribution in [0.15, 0.2) is 12.7 Å². The van der Waals surface area contributed by atoms with Crippen molar-refractivity contribution in [2.75, 3.05) is 13.0 Å². The summed E-state index contributed by atoms with van der Waals surface area (Å²) in [7, 11) is 0. The largest absolute Gasteiger partial charge is 0.366 e. The Balaban J connectivity index is 3.71. The number of hydrogen-bond donors (Lipinski definition) is 0. The Bertz CT molecular complexity index is 181. The maximum atomic E-state index is 11.3. The lowest BCUT2D eigenvalue weighted by Crippen LogP contribution is -2.02. The van der Waals surface area contributed by atoms with E-state index in [4.69, 9.17) is 20.5 Å². The molecule has 0 amide bonds. The van der Waals surface area contributed by atoms with Crippen molar-refractivity contribution in [2.24, 2.45) is 0 Å². The van der Waals surface area contributed by atoms with Crippen LogP contribution < -0.4 is 0 Å². The zero-order valence-corrected chi connectivity index (χ0v) is 8.98. The van der Waals surface area contributed by atoms with Gasteiger partial charge in [0.2, 0.25) is 0 Å². The van der Waals surface area contributed by atoms with Gasteiger partial charge in [-0.05, 0) is 25.1 Å². The second kappa shape index (κ2) is 5.76. The van der Waals surface area contributed by atoms with Crippen LogP contribution in [0.2, 0.25) is 0 Å². The van der Waals surface area contributed by atoms with Crippen molar-refractivity contribution in [3.05, 3.63) is 12.7 Å². The van der Waals surface area contributed by atoms with E-state index in [-0.39, 0.29) is 12.5 Å². The van der Waals surface area contributed by atoms with Gasteiger partial charge in [0.1, 0.15) is 6.35 Å². The van der Waals surface area contributed by atoms with E-state index in [1.54, 1.807) is 19.9 Å². The molecular weight excluding hydrogens is 199 g/mol. The fraction of sp³-hybridized carbons (Fsp3) is 0.714. The normalized spacial score (nSPS) is 16.0. The summed E-state index contributed by atoms with van der Waals surface area (Å²) < 4.78 is 21.1. The molecule has 1 unspecified atom stereocenters. The predicted octanol–water partition coefficient (Wildman–Crippen LogP) is 3.00. The van der Waals surface area contributed by atoms with Gasteiger partial charge in [-0.15, -0.1) is 6.58 Å². The lowest BCUT2D eigenvalue weighted by Gasteiger charge is -2.13. The summed E-state index contributed by atoms with van der Waals surface area (Å²) in [5.74, 6) is 0. The van der Waals surface area contributed by atoms with Crippen LogP contribution in [-0.2, 0) is 13.8 Å². The molecule has 5 heteroatoms. The average Bonchev–Trinajstić information content (AvgIpc) is 1.84. The smallest absolute Gasteiger partial charge is 0.315 e. The van der Waals surface area contributed by atoms with Gasteiger partial charge >= 0.3 is 6.72 Å². The monoisotopic (exact) mass is 212 g/mol. The minimum absolute atomic E-state index is 0.0707. The number of hydrogen-bond acceptors (Lipinski definition) is 3. The summed E-state index contributed by atoms with van der Waals surface area (Å²) in [5.41, 5.74) is 0. The summed E-state index contributed by atoms with van der Waals surface area (Å²) in [6.07, 6.45) is 1.34. The topological polar surface area (TPSA) is 35.5 Å². The molecular formula is C7H14ClO3P. The highest BCUT2D eigenvalue weighted by Gasteiger charge is 2.20. The maximum Gasteiger partial charge on any atom is 0.315 e. The van der Waals surface area contributed by atoms with Crippen molar-refractivity contribution in [1.29, 1.82) is 0 Å². The van der Waals surface area contributed by atoms with Crippen LogP contribution >= 0.6 is 18.0 Å². The molecule has 72 valence electrons. The van der Waals surface area contributed by atoms with Crippen LogP contribution in [0, 0.1) is 0 Å². The van der Waals surface area contributed by atoms with Gasteiger partial charge in [-0.2, -0.15) is 0 Å². The molecule has 0 aliphatic carbocycles. The van der Waals surface area contributed by atoms with Crippen molar-refractivity contribution in [2.45, 2.75) is 20.0 Å².